The third kappa shape index (κ3) is 5.89. The first kappa shape index (κ1) is 21.0. The molecule has 0 fully saturated rings. The number of nitrogens with one attached hydrogen (secondary N) is 2. The Morgan fingerprint density at radius 3 is 2.45 bits per heavy atom. The van der Waals surface area contributed by atoms with Crippen molar-refractivity contribution in [2.75, 3.05) is 16.6 Å². The van der Waals surface area contributed by atoms with Crippen molar-refractivity contribution < 1.29 is 17.9 Å². The van der Waals surface area contributed by atoms with Gasteiger partial charge in [-0.15, -0.1) is 0 Å². The summed E-state index contributed by atoms with van der Waals surface area (Å²) in [6, 6.07) is 12.2. The third-order valence-electron chi connectivity index (χ3n) is 3.49. The molecular formula is C18H14BrClN4O4S. The first-order valence-electron chi connectivity index (χ1n) is 8.11. The number of aromatic nitrogens is 2. The Morgan fingerprint density at radius 2 is 1.79 bits per heavy atom. The quantitative estimate of drug-likeness (QED) is 0.515. The minimum atomic E-state index is -3.84. The summed E-state index contributed by atoms with van der Waals surface area (Å²) in [4.78, 5) is 19.7. The second-order valence-corrected chi connectivity index (χ2v) is 8.59. The van der Waals surface area contributed by atoms with Gasteiger partial charge in [0.2, 0.25) is 5.95 Å². The molecule has 2 N–H and O–H groups in total. The van der Waals surface area contributed by atoms with Gasteiger partial charge in [-0.25, -0.2) is 23.1 Å². The van der Waals surface area contributed by atoms with E-state index in [1.54, 1.807) is 24.3 Å². The predicted molar refractivity (Wildman–Crippen MR) is 113 cm³/mol. The van der Waals surface area contributed by atoms with Crippen molar-refractivity contribution in [2.24, 2.45) is 0 Å². The number of halogens is 2. The molecule has 0 saturated heterocycles. The molecule has 0 bridgehead atoms. The van der Waals surface area contributed by atoms with E-state index in [4.69, 9.17) is 16.3 Å². The molecule has 150 valence electrons. The van der Waals surface area contributed by atoms with E-state index in [9.17, 15) is 13.2 Å². The van der Waals surface area contributed by atoms with E-state index in [1.807, 2.05) is 0 Å². The lowest BCUT2D eigenvalue weighted by atomic mass is 10.3. The van der Waals surface area contributed by atoms with E-state index in [0.29, 0.717) is 20.9 Å². The zero-order chi connectivity index (χ0) is 20.9. The number of hydrogen-bond donors (Lipinski definition) is 2. The topological polar surface area (TPSA) is 110 Å². The van der Waals surface area contributed by atoms with Crippen LogP contribution >= 0.6 is 27.5 Å². The molecular weight excluding hydrogens is 484 g/mol. The van der Waals surface area contributed by atoms with Crippen molar-refractivity contribution in [3.05, 3.63) is 70.4 Å². The van der Waals surface area contributed by atoms with Gasteiger partial charge >= 0.3 is 0 Å². The highest BCUT2D eigenvalue weighted by atomic mass is 79.9. The summed E-state index contributed by atoms with van der Waals surface area (Å²) >= 11 is 9.16. The van der Waals surface area contributed by atoms with Crippen molar-refractivity contribution >= 4 is 55.1 Å². The summed E-state index contributed by atoms with van der Waals surface area (Å²) in [5, 5.41) is 3.17. The fraction of sp³-hybridized carbons (Fsp3) is 0.0556. The molecule has 0 saturated carbocycles. The average Bonchev–Trinajstić information content (AvgIpc) is 2.68. The van der Waals surface area contributed by atoms with Crippen LogP contribution in [0, 0.1) is 0 Å². The fourth-order valence-electron chi connectivity index (χ4n) is 2.18. The van der Waals surface area contributed by atoms with Crippen molar-refractivity contribution in [1.82, 2.24) is 9.97 Å². The predicted octanol–water partition coefficient (Wildman–Crippen LogP) is 3.71. The summed E-state index contributed by atoms with van der Waals surface area (Å²) in [6.45, 7) is -0.229. The standard InChI is InChI=1S/C18H14BrClN4O4S/c19-15-10-12(20)2-7-16(15)28-11-17(25)23-13-3-5-14(6-4-13)29(26,27)24-18-21-8-1-9-22-18/h1-10H,11H2,(H,23,25)(H,21,22,24). The van der Waals surface area contributed by atoms with Crippen LogP contribution in [0.2, 0.25) is 5.02 Å². The van der Waals surface area contributed by atoms with Crippen LogP contribution in [0.1, 0.15) is 0 Å². The average molecular weight is 498 g/mol. The van der Waals surface area contributed by atoms with E-state index in [0.717, 1.165) is 0 Å². The second-order valence-electron chi connectivity index (χ2n) is 5.61. The SMILES string of the molecule is O=C(COc1ccc(Cl)cc1Br)Nc1ccc(S(=O)(=O)Nc2ncccn2)cc1. The highest BCUT2D eigenvalue weighted by Gasteiger charge is 2.15. The first-order chi connectivity index (χ1) is 13.8. The fourth-order valence-corrected chi connectivity index (χ4v) is 3.94. The number of anilines is 2. The number of ether oxygens (including phenoxy) is 1. The molecule has 0 aliphatic carbocycles. The van der Waals surface area contributed by atoms with E-state index >= 15 is 0 Å². The van der Waals surface area contributed by atoms with Gasteiger partial charge in [0.25, 0.3) is 15.9 Å². The maximum absolute atomic E-state index is 12.3. The Kier molecular flexibility index (Phi) is 6.68. The minimum Gasteiger partial charge on any atom is -0.483 e. The lowest BCUT2D eigenvalue weighted by Crippen LogP contribution is -2.20. The number of carbonyl (C=O) groups excluding carboxylic acids is 1. The van der Waals surface area contributed by atoms with Gasteiger partial charge in [0.1, 0.15) is 5.75 Å². The Morgan fingerprint density at radius 1 is 1.10 bits per heavy atom. The van der Waals surface area contributed by atoms with E-state index in [-0.39, 0.29) is 17.5 Å². The molecule has 1 aromatic heterocycles. The van der Waals surface area contributed by atoms with Crippen molar-refractivity contribution in [3.8, 4) is 5.75 Å². The molecule has 1 amide bonds. The van der Waals surface area contributed by atoms with Gasteiger partial charge in [-0.2, -0.15) is 0 Å². The molecule has 11 heteroatoms. The summed E-state index contributed by atoms with van der Waals surface area (Å²) in [5.41, 5.74) is 0.420. The Balaban J connectivity index is 1.59. The lowest BCUT2D eigenvalue weighted by molar-refractivity contribution is -0.118. The van der Waals surface area contributed by atoms with Crippen LogP contribution in [0.5, 0.6) is 5.75 Å². The van der Waals surface area contributed by atoms with E-state index < -0.39 is 15.9 Å². The Labute approximate surface area is 180 Å². The van der Waals surface area contributed by atoms with Gasteiger partial charge in [0, 0.05) is 23.1 Å². The molecule has 0 aliphatic heterocycles. The number of hydrogen-bond acceptors (Lipinski definition) is 6. The minimum absolute atomic E-state index is 0.00398. The summed E-state index contributed by atoms with van der Waals surface area (Å²) in [6.07, 6.45) is 2.85. The maximum atomic E-state index is 12.3. The van der Waals surface area contributed by atoms with Crippen molar-refractivity contribution in [1.29, 1.82) is 0 Å². The number of rotatable bonds is 7. The Bertz CT molecular complexity index is 1110. The highest BCUT2D eigenvalue weighted by molar-refractivity contribution is 9.10. The van der Waals surface area contributed by atoms with Crippen LogP contribution < -0.4 is 14.8 Å². The van der Waals surface area contributed by atoms with E-state index in [2.05, 4.69) is 35.9 Å². The van der Waals surface area contributed by atoms with Crippen molar-refractivity contribution in [2.45, 2.75) is 4.90 Å². The highest BCUT2D eigenvalue weighted by Crippen LogP contribution is 2.28. The number of nitrogens with zero attached hydrogens (tertiary/aromatic N) is 2. The number of amides is 1. The Hall–Kier alpha value is -2.69. The molecule has 0 atom stereocenters. The van der Waals surface area contributed by atoms with Crippen molar-refractivity contribution in [3.63, 3.8) is 0 Å². The molecule has 0 aliphatic rings. The zero-order valence-electron chi connectivity index (χ0n) is 14.7. The summed E-state index contributed by atoms with van der Waals surface area (Å²) < 4.78 is 33.0. The van der Waals surface area contributed by atoms with Gasteiger partial charge in [0.05, 0.1) is 9.37 Å². The largest absolute Gasteiger partial charge is 0.483 e. The van der Waals surface area contributed by atoms with Crippen LogP contribution in [-0.4, -0.2) is 30.9 Å². The smallest absolute Gasteiger partial charge is 0.264 e. The van der Waals surface area contributed by atoms with Gasteiger partial charge < -0.3 is 10.1 Å². The number of benzene rings is 2. The molecule has 0 radical (unpaired) electrons. The van der Waals surface area contributed by atoms with Crippen LogP contribution in [0.15, 0.2) is 70.3 Å². The van der Waals surface area contributed by atoms with Crippen LogP contribution in [0.4, 0.5) is 11.6 Å². The molecule has 3 aromatic rings. The first-order valence-corrected chi connectivity index (χ1v) is 10.8. The van der Waals surface area contributed by atoms with E-state index in [1.165, 1.54) is 36.7 Å². The molecule has 0 unspecified atom stereocenters. The van der Waals surface area contributed by atoms with Crippen LogP contribution in [0.3, 0.4) is 0 Å². The lowest BCUT2D eigenvalue weighted by Gasteiger charge is -2.10. The number of sulfonamides is 1. The summed E-state index contributed by atoms with van der Waals surface area (Å²) in [5.74, 6) is 0.0360. The number of carbonyl (C=O) groups is 1. The maximum Gasteiger partial charge on any atom is 0.264 e. The third-order valence-corrected chi connectivity index (χ3v) is 5.69. The molecule has 0 spiro atoms. The molecule has 3 rings (SSSR count). The monoisotopic (exact) mass is 496 g/mol. The zero-order valence-corrected chi connectivity index (χ0v) is 17.8. The van der Waals surface area contributed by atoms with Crippen LogP contribution in [0.25, 0.3) is 0 Å². The molecule has 29 heavy (non-hydrogen) atoms. The van der Waals surface area contributed by atoms with Gasteiger partial charge in [0.15, 0.2) is 6.61 Å². The molecule has 1 heterocycles. The van der Waals surface area contributed by atoms with Gasteiger partial charge in [-0.1, -0.05) is 11.6 Å². The normalized spacial score (nSPS) is 11.0. The molecule has 2 aromatic carbocycles. The van der Waals surface area contributed by atoms with Crippen LogP contribution in [-0.2, 0) is 14.8 Å². The van der Waals surface area contributed by atoms with Gasteiger partial charge in [-0.3, -0.25) is 4.79 Å². The summed E-state index contributed by atoms with van der Waals surface area (Å²) in [7, 11) is -3.84. The van der Waals surface area contributed by atoms with Gasteiger partial charge in [-0.05, 0) is 64.5 Å². The molecule has 8 nitrogen and oxygen atoms in total. The second kappa shape index (κ2) is 9.21.